The van der Waals surface area contributed by atoms with Crippen molar-refractivity contribution in [3.05, 3.63) is 51.2 Å². The molecule has 2 aliphatic rings. The number of aromatic nitrogens is 3. The van der Waals surface area contributed by atoms with Crippen molar-refractivity contribution in [3.63, 3.8) is 0 Å². The Bertz CT molecular complexity index is 898. The van der Waals surface area contributed by atoms with Gasteiger partial charge in [0.25, 0.3) is 5.91 Å². The Morgan fingerprint density at radius 3 is 2.57 bits per heavy atom. The van der Waals surface area contributed by atoms with E-state index < -0.39 is 0 Å². The van der Waals surface area contributed by atoms with Gasteiger partial charge in [0.15, 0.2) is 0 Å². The minimum absolute atomic E-state index is 0.000364. The molecule has 0 radical (unpaired) electrons. The van der Waals surface area contributed by atoms with Crippen LogP contribution < -0.4 is 5.69 Å². The summed E-state index contributed by atoms with van der Waals surface area (Å²) in [4.78, 5) is 29.2. The quantitative estimate of drug-likeness (QED) is 0.764. The minimum Gasteiger partial charge on any atom is -0.336 e. The number of amides is 1. The number of nitrogens with zero attached hydrogens (tertiary/aromatic N) is 5. The van der Waals surface area contributed by atoms with E-state index in [1.165, 1.54) is 0 Å². The van der Waals surface area contributed by atoms with Crippen LogP contribution in [-0.4, -0.2) is 62.8 Å². The lowest BCUT2D eigenvalue weighted by atomic mass is 10.2. The number of aryl methyl sites for hydroxylation is 2. The Kier molecular flexibility index (Phi) is 5.82. The fourth-order valence-electron chi connectivity index (χ4n) is 4.02. The molecule has 2 aromatic rings. The van der Waals surface area contributed by atoms with Crippen molar-refractivity contribution >= 4 is 17.5 Å². The predicted molar refractivity (Wildman–Crippen MR) is 108 cm³/mol. The maximum Gasteiger partial charge on any atom is 0.345 e. The van der Waals surface area contributed by atoms with E-state index in [9.17, 15) is 9.59 Å². The number of hydrogen-bond donors (Lipinski definition) is 0. The molecule has 1 aromatic carbocycles. The zero-order valence-electron chi connectivity index (χ0n) is 16.0. The highest BCUT2D eigenvalue weighted by Gasteiger charge is 2.23. The van der Waals surface area contributed by atoms with Crippen LogP contribution in [0.15, 0.2) is 29.1 Å². The summed E-state index contributed by atoms with van der Waals surface area (Å²) < 4.78 is 3.44. The second-order valence-corrected chi connectivity index (χ2v) is 7.91. The Labute approximate surface area is 169 Å². The van der Waals surface area contributed by atoms with Crippen LogP contribution in [0, 0.1) is 0 Å². The molecule has 0 saturated carbocycles. The van der Waals surface area contributed by atoms with Crippen LogP contribution in [0.5, 0.6) is 0 Å². The summed E-state index contributed by atoms with van der Waals surface area (Å²) in [5.41, 5.74) is 0.602. The van der Waals surface area contributed by atoms with Gasteiger partial charge in [-0.3, -0.25) is 14.3 Å². The van der Waals surface area contributed by atoms with Crippen LogP contribution in [0.4, 0.5) is 0 Å². The number of halogens is 1. The predicted octanol–water partition coefficient (Wildman–Crippen LogP) is 1.88. The van der Waals surface area contributed by atoms with Crippen molar-refractivity contribution in [1.29, 1.82) is 0 Å². The molecular formula is C20H26ClN5O2. The topological polar surface area (TPSA) is 63.4 Å². The molecule has 3 heterocycles. The molecule has 0 N–H and O–H groups in total. The SMILES string of the molecule is O=C(c1ccccc1Cl)N1CCN(CCCn2nc3n(c2=O)CCCC3)CC1. The highest BCUT2D eigenvalue weighted by Crippen LogP contribution is 2.18. The highest BCUT2D eigenvalue weighted by atomic mass is 35.5. The van der Waals surface area contributed by atoms with Gasteiger partial charge >= 0.3 is 5.69 Å². The molecular weight excluding hydrogens is 378 g/mol. The van der Waals surface area contributed by atoms with Gasteiger partial charge in [-0.25, -0.2) is 9.48 Å². The molecule has 0 spiro atoms. The van der Waals surface area contributed by atoms with Gasteiger partial charge in [-0.2, -0.15) is 5.10 Å². The summed E-state index contributed by atoms with van der Waals surface area (Å²) in [7, 11) is 0. The molecule has 0 atom stereocenters. The van der Waals surface area contributed by atoms with E-state index in [-0.39, 0.29) is 11.6 Å². The second-order valence-electron chi connectivity index (χ2n) is 7.50. The van der Waals surface area contributed by atoms with E-state index in [2.05, 4.69) is 10.00 Å². The van der Waals surface area contributed by atoms with Crippen LogP contribution >= 0.6 is 11.6 Å². The van der Waals surface area contributed by atoms with Gasteiger partial charge in [-0.05, 0) is 31.4 Å². The highest BCUT2D eigenvalue weighted by molar-refractivity contribution is 6.33. The molecule has 2 aliphatic heterocycles. The average molecular weight is 404 g/mol. The number of fused-ring (bicyclic) bond motifs is 1. The first kappa shape index (κ1) is 19.2. The van der Waals surface area contributed by atoms with Crippen molar-refractivity contribution in [2.75, 3.05) is 32.7 Å². The molecule has 0 aliphatic carbocycles. The lowest BCUT2D eigenvalue weighted by Crippen LogP contribution is -2.49. The summed E-state index contributed by atoms with van der Waals surface area (Å²) in [6, 6.07) is 7.20. The Hall–Kier alpha value is -2.12. The Morgan fingerprint density at radius 2 is 1.82 bits per heavy atom. The standard InChI is InChI=1S/C20H26ClN5O2/c21-17-7-2-1-6-16(17)19(27)24-14-12-23(13-15-24)9-5-11-26-20(28)25-10-4-3-8-18(25)22-26/h1-2,6-7H,3-5,8-15H2. The third-order valence-corrected chi connectivity index (χ3v) is 5.97. The van der Waals surface area contributed by atoms with E-state index in [0.29, 0.717) is 30.2 Å². The van der Waals surface area contributed by atoms with Gasteiger partial charge in [0.2, 0.25) is 0 Å². The molecule has 28 heavy (non-hydrogen) atoms. The first-order valence-electron chi connectivity index (χ1n) is 10.1. The van der Waals surface area contributed by atoms with Gasteiger partial charge in [-0.1, -0.05) is 23.7 Å². The summed E-state index contributed by atoms with van der Waals surface area (Å²) in [5.74, 6) is 0.934. The molecule has 0 unspecified atom stereocenters. The maximum absolute atomic E-state index is 12.6. The molecule has 1 saturated heterocycles. The number of carbonyl (C=O) groups is 1. The monoisotopic (exact) mass is 403 g/mol. The molecule has 1 amide bonds. The molecule has 1 fully saturated rings. The van der Waals surface area contributed by atoms with Gasteiger partial charge in [0, 0.05) is 52.2 Å². The number of piperazine rings is 1. The largest absolute Gasteiger partial charge is 0.345 e. The Morgan fingerprint density at radius 1 is 1.04 bits per heavy atom. The maximum atomic E-state index is 12.6. The fourth-order valence-corrected chi connectivity index (χ4v) is 4.23. The lowest BCUT2D eigenvalue weighted by molar-refractivity contribution is 0.0634. The number of hydrogen-bond acceptors (Lipinski definition) is 4. The third-order valence-electron chi connectivity index (χ3n) is 5.64. The first-order chi connectivity index (χ1) is 13.6. The second kappa shape index (κ2) is 8.49. The molecule has 150 valence electrons. The normalized spacial score (nSPS) is 17.5. The molecule has 8 heteroatoms. The van der Waals surface area contributed by atoms with E-state index in [0.717, 1.165) is 57.7 Å². The summed E-state index contributed by atoms with van der Waals surface area (Å²) in [6.07, 6.45) is 3.97. The van der Waals surface area contributed by atoms with Gasteiger partial charge in [0.1, 0.15) is 5.82 Å². The van der Waals surface area contributed by atoms with Crippen LogP contribution in [-0.2, 0) is 19.5 Å². The van der Waals surface area contributed by atoms with Crippen LogP contribution in [0.3, 0.4) is 0 Å². The van der Waals surface area contributed by atoms with Crippen molar-refractivity contribution in [3.8, 4) is 0 Å². The van der Waals surface area contributed by atoms with Crippen molar-refractivity contribution in [2.45, 2.75) is 38.8 Å². The third kappa shape index (κ3) is 4.00. The number of benzene rings is 1. The number of rotatable bonds is 5. The van der Waals surface area contributed by atoms with E-state index >= 15 is 0 Å². The van der Waals surface area contributed by atoms with Crippen LogP contribution in [0.2, 0.25) is 5.02 Å². The number of carbonyl (C=O) groups excluding carboxylic acids is 1. The molecule has 1 aromatic heterocycles. The molecule has 4 rings (SSSR count). The Balaban J connectivity index is 1.25. The lowest BCUT2D eigenvalue weighted by Gasteiger charge is -2.34. The zero-order chi connectivity index (χ0) is 19.5. The summed E-state index contributed by atoms with van der Waals surface area (Å²) in [5, 5.41) is 5.00. The molecule has 7 nitrogen and oxygen atoms in total. The van der Waals surface area contributed by atoms with Crippen LogP contribution in [0.25, 0.3) is 0 Å². The fraction of sp³-hybridized carbons (Fsp3) is 0.550. The zero-order valence-corrected chi connectivity index (χ0v) is 16.8. The van der Waals surface area contributed by atoms with E-state index in [1.54, 1.807) is 16.8 Å². The van der Waals surface area contributed by atoms with Crippen molar-refractivity contribution < 1.29 is 4.79 Å². The van der Waals surface area contributed by atoms with E-state index in [1.807, 2.05) is 21.6 Å². The van der Waals surface area contributed by atoms with Gasteiger partial charge < -0.3 is 4.90 Å². The minimum atomic E-state index is 0.000364. The van der Waals surface area contributed by atoms with Gasteiger partial charge in [0.05, 0.1) is 10.6 Å². The van der Waals surface area contributed by atoms with E-state index in [4.69, 9.17) is 11.6 Å². The van der Waals surface area contributed by atoms with Gasteiger partial charge in [-0.15, -0.1) is 0 Å². The first-order valence-corrected chi connectivity index (χ1v) is 10.4. The summed E-state index contributed by atoms with van der Waals surface area (Å²) >= 11 is 6.15. The average Bonchev–Trinajstić information content (AvgIpc) is 3.04. The van der Waals surface area contributed by atoms with Crippen molar-refractivity contribution in [2.24, 2.45) is 0 Å². The summed E-state index contributed by atoms with van der Waals surface area (Å²) in [6.45, 7) is 5.43. The smallest absolute Gasteiger partial charge is 0.336 e. The van der Waals surface area contributed by atoms with Crippen molar-refractivity contribution in [1.82, 2.24) is 24.1 Å². The molecule has 0 bridgehead atoms. The van der Waals surface area contributed by atoms with Crippen LogP contribution in [0.1, 0.15) is 35.4 Å².